The van der Waals surface area contributed by atoms with Gasteiger partial charge in [0.15, 0.2) is 0 Å². The average molecular weight is 182 g/mol. The van der Waals surface area contributed by atoms with Crippen molar-refractivity contribution in [2.45, 2.75) is 26.7 Å². The Bertz CT molecular complexity index is 171. The lowest BCUT2D eigenvalue weighted by Crippen LogP contribution is -2.11. The van der Waals surface area contributed by atoms with Gasteiger partial charge in [-0.3, -0.25) is 0 Å². The van der Waals surface area contributed by atoms with Crippen molar-refractivity contribution in [3.63, 3.8) is 0 Å². The van der Waals surface area contributed by atoms with Crippen LogP contribution in [0.3, 0.4) is 0 Å². The van der Waals surface area contributed by atoms with Crippen LogP contribution in [0, 0.1) is 5.92 Å². The van der Waals surface area contributed by atoms with E-state index in [1.54, 1.807) is 0 Å². The predicted molar refractivity (Wildman–Crippen MR) is 59.4 cm³/mol. The van der Waals surface area contributed by atoms with Crippen LogP contribution in [0.2, 0.25) is 0 Å². The highest BCUT2D eigenvalue weighted by molar-refractivity contribution is 5.16. The lowest BCUT2D eigenvalue weighted by molar-refractivity contribution is 0.603. The van der Waals surface area contributed by atoms with E-state index in [9.17, 15) is 0 Å². The zero-order valence-electron chi connectivity index (χ0n) is 9.01. The zero-order chi connectivity index (χ0) is 10.1. The molecule has 0 bridgehead atoms. The molecule has 0 amide bonds. The first-order valence-electron chi connectivity index (χ1n) is 4.99. The van der Waals surface area contributed by atoms with Gasteiger partial charge in [-0.1, -0.05) is 26.0 Å². The normalized spacial score (nSPS) is 14.9. The second kappa shape index (κ2) is 7.87. The van der Waals surface area contributed by atoms with Crippen LogP contribution in [0.25, 0.3) is 0 Å². The molecule has 0 aliphatic carbocycles. The fourth-order valence-corrected chi connectivity index (χ4v) is 0.923. The molecule has 0 aliphatic rings. The van der Waals surface area contributed by atoms with Crippen molar-refractivity contribution < 1.29 is 0 Å². The number of hydrogen-bond donors (Lipinski definition) is 2. The molecule has 0 radical (unpaired) electrons. The maximum Gasteiger partial charge on any atom is 0.0293 e. The zero-order valence-corrected chi connectivity index (χ0v) is 9.01. The van der Waals surface area contributed by atoms with Gasteiger partial charge in [0.1, 0.15) is 0 Å². The van der Waals surface area contributed by atoms with Crippen LogP contribution in [0.15, 0.2) is 23.9 Å². The molecule has 0 saturated carbocycles. The fraction of sp³-hybridized carbons (Fsp3) is 0.636. The summed E-state index contributed by atoms with van der Waals surface area (Å²) in [5, 5.41) is 3.15. The van der Waals surface area contributed by atoms with Gasteiger partial charge in [0.2, 0.25) is 0 Å². The van der Waals surface area contributed by atoms with Gasteiger partial charge in [0.25, 0.3) is 0 Å². The van der Waals surface area contributed by atoms with Gasteiger partial charge < -0.3 is 11.1 Å². The molecule has 13 heavy (non-hydrogen) atoms. The highest BCUT2D eigenvalue weighted by atomic mass is 14.8. The summed E-state index contributed by atoms with van der Waals surface area (Å²) in [6.45, 7) is 5.05. The molecule has 2 heteroatoms. The molecule has 1 unspecified atom stereocenters. The van der Waals surface area contributed by atoms with Crippen LogP contribution >= 0.6 is 0 Å². The van der Waals surface area contributed by atoms with Gasteiger partial charge in [0.05, 0.1) is 0 Å². The van der Waals surface area contributed by atoms with E-state index < -0.39 is 0 Å². The Labute approximate surface area is 81.9 Å². The maximum atomic E-state index is 5.53. The van der Waals surface area contributed by atoms with E-state index in [2.05, 4.69) is 37.4 Å². The third-order valence-electron chi connectivity index (χ3n) is 1.96. The van der Waals surface area contributed by atoms with Crippen LogP contribution < -0.4 is 11.1 Å². The van der Waals surface area contributed by atoms with E-state index in [-0.39, 0.29) is 0 Å². The summed E-state index contributed by atoms with van der Waals surface area (Å²) in [6, 6.07) is 0. The average Bonchev–Trinajstić information content (AvgIpc) is 2.17. The second-order valence-electron chi connectivity index (χ2n) is 3.30. The van der Waals surface area contributed by atoms with Crippen molar-refractivity contribution in [3.8, 4) is 0 Å². The van der Waals surface area contributed by atoms with E-state index in [1.165, 1.54) is 5.70 Å². The summed E-state index contributed by atoms with van der Waals surface area (Å²) >= 11 is 0. The summed E-state index contributed by atoms with van der Waals surface area (Å²) in [5.74, 6) is 0.568. The largest absolute Gasteiger partial charge is 0.388 e. The Morgan fingerprint density at radius 2 is 2.23 bits per heavy atom. The van der Waals surface area contributed by atoms with Crippen molar-refractivity contribution in [3.05, 3.63) is 23.9 Å². The quantitative estimate of drug-likeness (QED) is 0.617. The smallest absolute Gasteiger partial charge is 0.0293 e. The Balaban J connectivity index is 3.98. The Morgan fingerprint density at radius 1 is 1.54 bits per heavy atom. The lowest BCUT2D eigenvalue weighted by atomic mass is 10.1. The van der Waals surface area contributed by atoms with Gasteiger partial charge in [-0.05, 0) is 31.4 Å². The van der Waals surface area contributed by atoms with E-state index in [4.69, 9.17) is 5.73 Å². The molecular weight excluding hydrogens is 160 g/mol. The minimum atomic E-state index is 0.568. The molecule has 3 N–H and O–H groups in total. The molecule has 0 aromatic carbocycles. The third-order valence-corrected chi connectivity index (χ3v) is 1.96. The van der Waals surface area contributed by atoms with Crippen molar-refractivity contribution in [1.29, 1.82) is 0 Å². The van der Waals surface area contributed by atoms with E-state index in [0.29, 0.717) is 5.92 Å². The first-order chi connectivity index (χ1) is 6.24. The van der Waals surface area contributed by atoms with Crippen LogP contribution in [-0.4, -0.2) is 13.6 Å². The lowest BCUT2D eigenvalue weighted by Gasteiger charge is -2.05. The van der Waals surface area contributed by atoms with Gasteiger partial charge in [-0.25, -0.2) is 0 Å². The SMILES string of the molecule is CC/C=C\C(=C/CC(C)CN)NC. The van der Waals surface area contributed by atoms with Crippen molar-refractivity contribution >= 4 is 0 Å². The molecule has 0 spiro atoms. The molecule has 2 nitrogen and oxygen atoms in total. The summed E-state index contributed by atoms with van der Waals surface area (Å²) in [4.78, 5) is 0. The molecular formula is C11H22N2. The number of allylic oxidation sites excluding steroid dienone is 3. The first kappa shape index (κ1) is 12.2. The highest BCUT2D eigenvalue weighted by Crippen LogP contribution is 2.03. The van der Waals surface area contributed by atoms with Crippen LogP contribution in [0.4, 0.5) is 0 Å². The van der Waals surface area contributed by atoms with Crippen LogP contribution in [-0.2, 0) is 0 Å². The fourth-order valence-electron chi connectivity index (χ4n) is 0.923. The summed E-state index contributed by atoms with van der Waals surface area (Å²) in [7, 11) is 1.94. The van der Waals surface area contributed by atoms with E-state index in [1.807, 2.05) is 7.05 Å². The number of likely N-dealkylation sites (N-methyl/N-ethyl adjacent to an activating group) is 1. The summed E-state index contributed by atoms with van der Waals surface area (Å²) < 4.78 is 0. The minimum absolute atomic E-state index is 0.568. The summed E-state index contributed by atoms with van der Waals surface area (Å²) in [6.07, 6.45) is 8.58. The molecule has 0 rings (SSSR count). The van der Waals surface area contributed by atoms with Gasteiger partial charge in [-0.15, -0.1) is 0 Å². The van der Waals surface area contributed by atoms with Crippen molar-refractivity contribution in [2.75, 3.05) is 13.6 Å². The van der Waals surface area contributed by atoms with E-state index >= 15 is 0 Å². The molecule has 76 valence electrons. The van der Waals surface area contributed by atoms with Crippen molar-refractivity contribution in [2.24, 2.45) is 11.7 Å². The first-order valence-corrected chi connectivity index (χ1v) is 4.99. The molecule has 0 aromatic rings. The van der Waals surface area contributed by atoms with Gasteiger partial charge in [0, 0.05) is 12.7 Å². The van der Waals surface area contributed by atoms with Crippen LogP contribution in [0.1, 0.15) is 26.7 Å². The van der Waals surface area contributed by atoms with E-state index in [0.717, 1.165) is 19.4 Å². The van der Waals surface area contributed by atoms with Gasteiger partial charge >= 0.3 is 0 Å². The topological polar surface area (TPSA) is 38.0 Å². The Kier molecular flexibility index (Phi) is 7.41. The monoisotopic (exact) mass is 182 g/mol. The molecule has 0 heterocycles. The summed E-state index contributed by atoms with van der Waals surface area (Å²) in [5.41, 5.74) is 6.71. The molecule has 0 aromatic heterocycles. The van der Waals surface area contributed by atoms with Crippen LogP contribution in [0.5, 0.6) is 0 Å². The number of nitrogens with one attached hydrogen (secondary N) is 1. The Hall–Kier alpha value is -0.760. The third kappa shape index (κ3) is 6.41. The molecule has 1 atom stereocenters. The Morgan fingerprint density at radius 3 is 2.69 bits per heavy atom. The standard InChI is InChI=1S/C11H22N2/c1-4-5-6-11(13-3)8-7-10(2)9-12/h5-6,8,10,13H,4,7,9,12H2,1-3H3/b6-5-,11-8+. The number of nitrogens with two attached hydrogens (primary N) is 1. The maximum absolute atomic E-state index is 5.53. The minimum Gasteiger partial charge on any atom is -0.388 e. The number of hydrogen-bond acceptors (Lipinski definition) is 2. The van der Waals surface area contributed by atoms with Crippen molar-refractivity contribution in [1.82, 2.24) is 5.32 Å². The molecule has 0 aliphatic heterocycles. The number of rotatable bonds is 6. The molecule has 0 fully saturated rings. The van der Waals surface area contributed by atoms with Gasteiger partial charge in [-0.2, -0.15) is 0 Å². The second-order valence-corrected chi connectivity index (χ2v) is 3.30. The predicted octanol–water partition coefficient (Wildman–Crippen LogP) is 2.04. The highest BCUT2D eigenvalue weighted by Gasteiger charge is 1.95. The molecule has 0 saturated heterocycles.